The summed E-state index contributed by atoms with van der Waals surface area (Å²) in [5.74, 6) is 0. The lowest BCUT2D eigenvalue weighted by Crippen LogP contribution is -2.45. The van der Waals surface area contributed by atoms with E-state index in [1.54, 1.807) is 17.0 Å². The Balaban J connectivity index is 1.76. The molecule has 3 rings (SSSR count). The third-order valence-corrected chi connectivity index (χ3v) is 4.92. The highest BCUT2D eigenvalue weighted by Gasteiger charge is 2.28. The van der Waals surface area contributed by atoms with Gasteiger partial charge in [0, 0.05) is 50.8 Å². The highest BCUT2D eigenvalue weighted by atomic mass is 16.6. The van der Waals surface area contributed by atoms with Crippen LogP contribution < -0.4 is 0 Å². The molecule has 1 atom stereocenters. The van der Waals surface area contributed by atoms with E-state index in [2.05, 4.69) is 4.90 Å². The average Bonchev–Trinajstić information content (AvgIpc) is 2.69. The highest BCUT2D eigenvalue weighted by Crippen LogP contribution is 2.22. The van der Waals surface area contributed by atoms with Gasteiger partial charge >= 0.3 is 6.09 Å². The van der Waals surface area contributed by atoms with Crippen LogP contribution >= 0.6 is 0 Å². The molecule has 0 N–H and O–H groups in total. The van der Waals surface area contributed by atoms with Crippen molar-refractivity contribution in [3.05, 3.63) is 75.8 Å². The first kappa shape index (κ1) is 19.8. The quantitative estimate of drug-likeness (QED) is 0.511. The molecule has 0 saturated carbocycles. The van der Waals surface area contributed by atoms with Gasteiger partial charge in [0.2, 0.25) is 0 Å². The Morgan fingerprint density at radius 2 is 1.86 bits per heavy atom. The zero-order valence-corrected chi connectivity index (χ0v) is 16.0. The number of rotatable bonds is 8. The van der Waals surface area contributed by atoms with E-state index in [0.29, 0.717) is 38.3 Å². The lowest BCUT2D eigenvalue weighted by molar-refractivity contribution is -0.385. The summed E-state index contributed by atoms with van der Waals surface area (Å²) in [6.45, 7) is 4.80. The minimum Gasteiger partial charge on any atom is -0.445 e. The summed E-state index contributed by atoms with van der Waals surface area (Å²) in [6, 6.07) is 16.7. The SMILES string of the molecule is CCN1CC[C@@H](CN(Cc2ccccc2)Cc2ccccc2[N+](=O)[O-])OC1=O. The first-order valence-corrected chi connectivity index (χ1v) is 9.51. The maximum Gasteiger partial charge on any atom is 0.410 e. The van der Waals surface area contributed by atoms with Gasteiger partial charge in [-0.05, 0) is 12.5 Å². The molecule has 0 aromatic heterocycles. The Morgan fingerprint density at radius 3 is 2.54 bits per heavy atom. The van der Waals surface area contributed by atoms with Gasteiger partial charge in [-0.1, -0.05) is 48.5 Å². The number of nitro groups is 1. The van der Waals surface area contributed by atoms with E-state index in [4.69, 9.17) is 4.74 Å². The number of hydrogen-bond acceptors (Lipinski definition) is 5. The summed E-state index contributed by atoms with van der Waals surface area (Å²) in [5.41, 5.74) is 1.87. The molecule has 1 saturated heterocycles. The van der Waals surface area contributed by atoms with Crippen LogP contribution in [-0.4, -0.2) is 46.6 Å². The maximum absolute atomic E-state index is 12.1. The molecule has 1 heterocycles. The second kappa shape index (κ2) is 9.32. The van der Waals surface area contributed by atoms with Gasteiger partial charge in [0.15, 0.2) is 0 Å². The second-order valence-electron chi connectivity index (χ2n) is 6.92. The largest absolute Gasteiger partial charge is 0.445 e. The number of ether oxygens (including phenoxy) is 1. The van der Waals surface area contributed by atoms with E-state index in [1.807, 2.05) is 43.3 Å². The zero-order valence-electron chi connectivity index (χ0n) is 16.0. The van der Waals surface area contributed by atoms with Crippen molar-refractivity contribution in [2.24, 2.45) is 0 Å². The van der Waals surface area contributed by atoms with Gasteiger partial charge in [-0.25, -0.2) is 4.79 Å². The molecule has 7 nitrogen and oxygen atoms in total. The number of benzene rings is 2. The molecule has 0 aliphatic carbocycles. The predicted octanol–water partition coefficient (Wildman–Crippen LogP) is 3.83. The van der Waals surface area contributed by atoms with Crippen molar-refractivity contribution in [1.82, 2.24) is 9.80 Å². The highest BCUT2D eigenvalue weighted by molar-refractivity contribution is 5.68. The lowest BCUT2D eigenvalue weighted by Gasteiger charge is -2.34. The fraction of sp³-hybridized carbons (Fsp3) is 0.381. The van der Waals surface area contributed by atoms with E-state index >= 15 is 0 Å². The molecule has 148 valence electrons. The molecule has 1 fully saturated rings. The molecule has 2 aromatic rings. The minimum absolute atomic E-state index is 0.110. The third-order valence-electron chi connectivity index (χ3n) is 4.92. The van der Waals surface area contributed by atoms with Crippen LogP contribution in [0.2, 0.25) is 0 Å². The van der Waals surface area contributed by atoms with Crippen LogP contribution in [0.25, 0.3) is 0 Å². The first-order valence-electron chi connectivity index (χ1n) is 9.51. The summed E-state index contributed by atoms with van der Waals surface area (Å²) in [4.78, 5) is 26.9. The van der Waals surface area contributed by atoms with Crippen molar-refractivity contribution < 1.29 is 14.5 Å². The zero-order chi connectivity index (χ0) is 19.9. The Morgan fingerprint density at radius 1 is 1.14 bits per heavy atom. The van der Waals surface area contributed by atoms with Crippen LogP contribution in [0.3, 0.4) is 0 Å². The van der Waals surface area contributed by atoms with Crippen LogP contribution in [0.1, 0.15) is 24.5 Å². The number of nitro benzene ring substituents is 1. The smallest absolute Gasteiger partial charge is 0.410 e. The van der Waals surface area contributed by atoms with Crippen LogP contribution in [-0.2, 0) is 17.8 Å². The van der Waals surface area contributed by atoms with Gasteiger partial charge < -0.3 is 9.64 Å². The molecular weight excluding hydrogens is 358 g/mol. The molecule has 0 radical (unpaired) electrons. The summed E-state index contributed by atoms with van der Waals surface area (Å²) in [7, 11) is 0. The van der Waals surface area contributed by atoms with Crippen molar-refractivity contribution >= 4 is 11.8 Å². The fourth-order valence-corrected chi connectivity index (χ4v) is 3.46. The minimum atomic E-state index is -0.351. The Kier molecular flexibility index (Phi) is 6.60. The molecular formula is C21H25N3O4. The van der Waals surface area contributed by atoms with Crippen molar-refractivity contribution in [3.8, 4) is 0 Å². The number of carbonyl (C=O) groups is 1. The van der Waals surface area contributed by atoms with Gasteiger partial charge in [-0.3, -0.25) is 15.0 Å². The summed E-state index contributed by atoms with van der Waals surface area (Å²) < 4.78 is 5.58. The standard InChI is InChI=1S/C21H25N3O4/c1-2-23-13-12-19(28-21(23)25)16-22(14-17-8-4-3-5-9-17)15-18-10-6-7-11-20(18)24(26)27/h3-11,19H,2,12-16H2,1H3/t19-/m0/s1. The molecule has 2 aromatic carbocycles. The number of carbonyl (C=O) groups excluding carboxylic acids is 1. The topological polar surface area (TPSA) is 75.9 Å². The Bertz CT molecular complexity index is 812. The monoisotopic (exact) mass is 383 g/mol. The van der Waals surface area contributed by atoms with E-state index in [9.17, 15) is 14.9 Å². The number of nitrogens with zero attached hydrogens (tertiary/aromatic N) is 3. The molecule has 1 amide bonds. The van der Waals surface area contributed by atoms with E-state index in [1.165, 1.54) is 6.07 Å². The summed E-state index contributed by atoms with van der Waals surface area (Å²) in [5, 5.41) is 11.4. The van der Waals surface area contributed by atoms with Gasteiger partial charge in [0.05, 0.1) is 4.92 Å². The second-order valence-corrected chi connectivity index (χ2v) is 6.92. The first-order chi connectivity index (χ1) is 13.6. The van der Waals surface area contributed by atoms with Crippen molar-refractivity contribution in [2.75, 3.05) is 19.6 Å². The molecule has 0 spiro atoms. The normalized spacial score (nSPS) is 16.9. The van der Waals surface area contributed by atoms with Crippen molar-refractivity contribution in [1.29, 1.82) is 0 Å². The van der Waals surface area contributed by atoms with Gasteiger partial charge in [0.25, 0.3) is 5.69 Å². The predicted molar refractivity (Wildman–Crippen MR) is 106 cm³/mol. The van der Waals surface area contributed by atoms with Crippen LogP contribution in [0.5, 0.6) is 0 Å². The van der Waals surface area contributed by atoms with Gasteiger partial charge in [0.1, 0.15) is 6.10 Å². The number of cyclic esters (lactones) is 1. The van der Waals surface area contributed by atoms with E-state index < -0.39 is 0 Å². The maximum atomic E-state index is 12.1. The van der Waals surface area contributed by atoms with Crippen molar-refractivity contribution in [3.63, 3.8) is 0 Å². The molecule has 1 aliphatic heterocycles. The summed E-state index contributed by atoms with van der Waals surface area (Å²) in [6.07, 6.45) is 0.243. The number of amides is 1. The lowest BCUT2D eigenvalue weighted by atomic mass is 10.1. The number of para-hydroxylation sites is 1. The third kappa shape index (κ3) is 5.07. The molecule has 1 aliphatic rings. The van der Waals surface area contributed by atoms with Crippen LogP contribution in [0.4, 0.5) is 10.5 Å². The molecule has 7 heteroatoms. The van der Waals surface area contributed by atoms with Crippen molar-refractivity contribution in [2.45, 2.75) is 32.5 Å². The number of hydrogen-bond donors (Lipinski definition) is 0. The van der Waals surface area contributed by atoms with Crippen LogP contribution in [0, 0.1) is 10.1 Å². The Labute approximate surface area is 164 Å². The van der Waals surface area contributed by atoms with Gasteiger partial charge in [-0.2, -0.15) is 0 Å². The Hall–Kier alpha value is -2.93. The van der Waals surface area contributed by atoms with E-state index in [-0.39, 0.29) is 22.8 Å². The van der Waals surface area contributed by atoms with Gasteiger partial charge in [-0.15, -0.1) is 0 Å². The average molecular weight is 383 g/mol. The van der Waals surface area contributed by atoms with Crippen LogP contribution in [0.15, 0.2) is 54.6 Å². The molecule has 28 heavy (non-hydrogen) atoms. The molecule has 0 bridgehead atoms. The summed E-state index contributed by atoms with van der Waals surface area (Å²) >= 11 is 0. The fourth-order valence-electron chi connectivity index (χ4n) is 3.46. The molecule has 0 unspecified atom stereocenters. The van der Waals surface area contributed by atoms with E-state index in [0.717, 1.165) is 12.0 Å².